The Bertz CT molecular complexity index is 830. The lowest BCUT2D eigenvalue weighted by Crippen LogP contribution is -2.28. The van der Waals surface area contributed by atoms with E-state index in [9.17, 15) is 14.3 Å². The number of H-pyrrole nitrogens is 1. The zero-order valence-electron chi connectivity index (χ0n) is 13.1. The van der Waals surface area contributed by atoms with Crippen molar-refractivity contribution < 1.29 is 14.3 Å². The standard InChI is InChI=1S/C19H19FN2O2/c20-16-7-4-8-17-18(16)15(12-21-17)19(24)22-11-14(9-10-23)13-5-2-1-3-6-13/h1-8,12,14,21,23H,9-11H2,(H,22,24). The van der Waals surface area contributed by atoms with Gasteiger partial charge in [0.15, 0.2) is 0 Å². The van der Waals surface area contributed by atoms with Crippen molar-refractivity contribution in [1.29, 1.82) is 0 Å². The van der Waals surface area contributed by atoms with Gasteiger partial charge in [0.05, 0.1) is 5.56 Å². The van der Waals surface area contributed by atoms with Crippen LogP contribution in [0.5, 0.6) is 0 Å². The van der Waals surface area contributed by atoms with E-state index in [0.29, 0.717) is 29.4 Å². The van der Waals surface area contributed by atoms with Crippen LogP contribution in [0.4, 0.5) is 4.39 Å². The second-order valence-electron chi connectivity index (χ2n) is 5.69. The molecule has 3 N–H and O–H groups in total. The number of aliphatic hydroxyl groups excluding tert-OH is 1. The molecule has 0 saturated carbocycles. The molecule has 5 heteroatoms. The van der Waals surface area contributed by atoms with Crippen LogP contribution in [-0.2, 0) is 0 Å². The molecule has 4 nitrogen and oxygen atoms in total. The summed E-state index contributed by atoms with van der Waals surface area (Å²) in [6, 6.07) is 14.4. The van der Waals surface area contributed by atoms with Crippen molar-refractivity contribution in [1.82, 2.24) is 10.3 Å². The van der Waals surface area contributed by atoms with Gasteiger partial charge in [0.1, 0.15) is 5.82 Å². The van der Waals surface area contributed by atoms with Gasteiger partial charge in [0, 0.05) is 36.2 Å². The van der Waals surface area contributed by atoms with Gasteiger partial charge in [-0.1, -0.05) is 36.4 Å². The van der Waals surface area contributed by atoms with E-state index in [1.807, 2.05) is 30.3 Å². The van der Waals surface area contributed by atoms with E-state index in [-0.39, 0.29) is 18.4 Å². The van der Waals surface area contributed by atoms with Crippen LogP contribution >= 0.6 is 0 Å². The Labute approximate surface area is 139 Å². The van der Waals surface area contributed by atoms with E-state index in [1.165, 1.54) is 12.3 Å². The number of carbonyl (C=O) groups excluding carboxylic acids is 1. The fourth-order valence-corrected chi connectivity index (χ4v) is 2.90. The first-order chi connectivity index (χ1) is 11.7. The van der Waals surface area contributed by atoms with Crippen LogP contribution in [0.2, 0.25) is 0 Å². The molecule has 0 radical (unpaired) electrons. The van der Waals surface area contributed by atoms with Crippen LogP contribution in [-0.4, -0.2) is 29.1 Å². The molecule has 0 aliphatic rings. The molecule has 3 aromatic rings. The Morgan fingerprint density at radius 2 is 1.96 bits per heavy atom. The van der Waals surface area contributed by atoms with Gasteiger partial charge in [-0.3, -0.25) is 4.79 Å². The number of fused-ring (bicyclic) bond motifs is 1. The molecule has 1 unspecified atom stereocenters. The highest BCUT2D eigenvalue weighted by atomic mass is 19.1. The summed E-state index contributed by atoms with van der Waals surface area (Å²) >= 11 is 0. The largest absolute Gasteiger partial charge is 0.396 e. The van der Waals surface area contributed by atoms with Crippen molar-refractivity contribution in [2.24, 2.45) is 0 Å². The quantitative estimate of drug-likeness (QED) is 0.651. The van der Waals surface area contributed by atoms with Gasteiger partial charge in [-0.15, -0.1) is 0 Å². The molecule has 0 aliphatic carbocycles. The second-order valence-corrected chi connectivity index (χ2v) is 5.69. The highest BCUT2D eigenvalue weighted by Crippen LogP contribution is 2.22. The predicted octanol–water partition coefficient (Wildman–Crippen LogP) is 3.20. The van der Waals surface area contributed by atoms with Crippen molar-refractivity contribution >= 4 is 16.8 Å². The Kier molecular flexibility index (Phi) is 4.91. The summed E-state index contributed by atoms with van der Waals surface area (Å²) < 4.78 is 14.0. The van der Waals surface area contributed by atoms with Gasteiger partial charge in [0.25, 0.3) is 5.91 Å². The molecular weight excluding hydrogens is 307 g/mol. The van der Waals surface area contributed by atoms with Gasteiger partial charge < -0.3 is 15.4 Å². The summed E-state index contributed by atoms with van der Waals surface area (Å²) in [5.41, 5.74) is 1.94. The zero-order chi connectivity index (χ0) is 16.9. The third-order valence-corrected chi connectivity index (χ3v) is 4.16. The average molecular weight is 326 g/mol. The van der Waals surface area contributed by atoms with Crippen LogP contribution in [0.25, 0.3) is 10.9 Å². The first-order valence-corrected chi connectivity index (χ1v) is 7.90. The molecule has 1 atom stereocenters. The number of hydrogen-bond acceptors (Lipinski definition) is 2. The summed E-state index contributed by atoms with van der Waals surface area (Å²) in [5.74, 6) is -0.741. The normalized spacial score (nSPS) is 12.2. The number of carbonyl (C=O) groups is 1. The molecule has 0 bridgehead atoms. The third-order valence-electron chi connectivity index (χ3n) is 4.16. The smallest absolute Gasteiger partial charge is 0.253 e. The Morgan fingerprint density at radius 1 is 1.17 bits per heavy atom. The Balaban J connectivity index is 1.76. The minimum absolute atomic E-state index is 0.00945. The van der Waals surface area contributed by atoms with E-state index >= 15 is 0 Å². The number of rotatable bonds is 6. The number of hydrogen-bond donors (Lipinski definition) is 3. The fraction of sp³-hybridized carbons (Fsp3) is 0.211. The maximum Gasteiger partial charge on any atom is 0.253 e. The molecular formula is C19H19FN2O2. The number of benzene rings is 2. The number of aromatic amines is 1. The lowest BCUT2D eigenvalue weighted by molar-refractivity contribution is 0.0950. The van der Waals surface area contributed by atoms with E-state index < -0.39 is 5.82 Å². The fourth-order valence-electron chi connectivity index (χ4n) is 2.90. The first kappa shape index (κ1) is 16.2. The summed E-state index contributed by atoms with van der Waals surface area (Å²) in [7, 11) is 0. The number of nitrogens with one attached hydrogen (secondary N) is 2. The van der Waals surface area contributed by atoms with E-state index in [0.717, 1.165) is 5.56 Å². The molecule has 0 aliphatic heterocycles. The maximum absolute atomic E-state index is 14.0. The molecule has 3 rings (SSSR count). The van der Waals surface area contributed by atoms with E-state index in [2.05, 4.69) is 10.3 Å². The van der Waals surface area contributed by atoms with Crippen molar-refractivity contribution in [3.8, 4) is 0 Å². The van der Waals surface area contributed by atoms with Crippen LogP contribution in [0.1, 0.15) is 28.3 Å². The average Bonchev–Trinajstić information content (AvgIpc) is 3.05. The van der Waals surface area contributed by atoms with Gasteiger partial charge in [0.2, 0.25) is 0 Å². The molecule has 24 heavy (non-hydrogen) atoms. The maximum atomic E-state index is 14.0. The monoisotopic (exact) mass is 326 g/mol. The number of halogens is 1. The van der Waals surface area contributed by atoms with Crippen molar-refractivity contribution in [3.63, 3.8) is 0 Å². The Hall–Kier alpha value is -2.66. The molecule has 0 saturated heterocycles. The SMILES string of the molecule is O=C(NCC(CCO)c1ccccc1)c1c[nH]c2cccc(F)c12. The van der Waals surface area contributed by atoms with Crippen molar-refractivity contribution in [3.05, 3.63) is 71.7 Å². The molecule has 0 spiro atoms. The second kappa shape index (κ2) is 7.27. The Morgan fingerprint density at radius 3 is 2.71 bits per heavy atom. The van der Waals surface area contributed by atoms with Crippen LogP contribution in [0.15, 0.2) is 54.7 Å². The minimum atomic E-state index is -0.422. The lowest BCUT2D eigenvalue weighted by atomic mass is 9.96. The molecule has 1 amide bonds. The van der Waals surface area contributed by atoms with Gasteiger partial charge in [-0.2, -0.15) is 0 Å². The summed E-state index contributed by atoms with van der Waals surface area (Å²) in [6.07, 6.45) is 2.07. The van der Waals surface area contributed by atoms with Crippen LogP contribution in [0, 0.1) is 5.82 Å². The van der Waals surface area contributed by atoms with Crippen LogP contribution in [0.3, 0.4) is 0 Å². The van der Waals surface area contributed by atoms with Crippen molar-refractivity contribution in [2.75, 3.05) is 13.2 Å². The number of aliphatic hydroxyl groups is 1. The molecule has 1 heterocycles. The molecule has 124 valence electrons. The summed E-state index contributed by atoms with van der Waals surface area (Å²) in [6.45, 7) is 0.418. The molecule has 1 aromatic heterocycles. The van der Waals surface area contributed by atoms with Crippen molar-refractivity contribution in [2.45, 2.75) is 12.3 Å². The summed E-state index contributed by atoms with van der Waals surface area (Å²) in [5, 5.41) is 12.4. The van der Waals surface area contributed by atoms with Crippen LogP contribution < -0.4 is 5.32 Å². The van der Waals surface area contributed by atoms with Gasteiger partial charge >= 0.3 is 0 Å². The zero-order valence-corrected chi connectivity index (χ0v) is 13.1. The van der Waals surface area contributed by atoms with Gasteiger partial charge in [-0.05, 0) is 24.1 Å². The molecule has 2 aromatic carbocycles. The third kappa shape index (κ3) is 3.31. The minimum Gasteiger partial charge on any atom is -0.396 e. The van der Waals surface area contributed by atoms with E-state index in [4.69, 9.17) is 0 Å². The predicted molar refractivity (Wildman–Crippen MR) is 91.5 cm³/mol. The molecule has 0 fully saturated rings. The van der Waals surface area contributed by atoms with Gasteiger partial charge in [-0.25, -0.2) is 4.39 Å². The first-order valence-electron chi connectivity index (χ1n) is 7.90. The highest BCUT2D eigenvalue weighted by molar-refractivity contribution is 6.06. The van der Waals surface area contributed by atoms with E-state index in [1.54, 1.807) is 12.1 Å². The number of aromatic nitrogens is 1. The number of amides is 1. The lowest BCUT2D eigenvalue weighted by Gasteiger charge is -2.17. The summed E-state index contributed by atoms with van der Waals surface area (Å²) in [4.78, 5) is 15.4. The highest BCUT2D eigenvalue weighted by Gasteiger charge is 2.17. The topological polar surface area (TPSA) is 65.1 Å².